The first-order chi connectivity index (χ1) is 8.38. The van der Waals surface area contributed by atoms with E-state index in [0.717, 1.165) is 25.3 Å². The van der Waals surface area contributed by atoms with Gasteiger partial charge in [-0.3, -0.25) is 4.79 Å². The zero-order valence-electron chi connectivity index (χ0n) is 9.35. The molecular formula is C12H11BrF3NO. The molecule has 1 saturated carbocycles. The van der Waals surface area contributed by atoms with Crippen molar-refractivity contribution in [3.05, 3.63) is 33.8 Å². The van der Waals surface area contributed by atoms with E-state index in [1.165, 1.54) is 12.1 Å². The second kappa shape index (κ2) is 4.91. The van der Waals surface area contributed by atoms with Crippen molar-refractivity contribution in [1.29, 1.82) is 0 Å². The van der Waals surface area contributed by atoms with Crippen LogP contribution in [0.3, 0.4) is 0 Å². The van der Waals surface area contributed by atoms with Crippen LogP contribution in [0.15, 0.2) is 22.7 Å². The van der Waals surface area contributed by atoms with Crippen molar-refractivity contribution in [2.75, 3.05) is 0 Å². The molecule has 0 aromatic heterocycles. The third kappa shape index (κ3) is 2.85. The van der Waals surface area contributed by atoms with Crippen molar-refractivity contribution in [3.63, 3.8) is 0 Å². The van der Waals surface area contributed by atoms with Crippen molar-refractivity contribution >= 4 is 21.8 Å². The highest BCUT2D eigenvalue weighted by atomic mass is 79.9. The number of alkyl halides is 3. The lowest BCUT2D eigenvalue weighted by Crippen LogP contribution is -2.40. The molecule has 2 nitrogen and oxygen atoms in total. The fourth-order valence-corrected chi connectivity index (χ4v) is 2.13. The number of nitrogens with one attached hydrogen (secondary N) is 1. The Bertz CT molecular complexity index is 469. The van der Waals surface area contributed by atoms with Crippen LogP contribution in [0.2, 0.25) is 0 Å². The number of hydrogen-bond acceptors (Lipinski definition) is 1. The van der Waals surface area contributed by atoms with Gasteiger partial charge in [0.2, 0.25) is 0 Å². The van der Waals surface area contributed by atoms with Crippen LogP contribution in [0.5, 0.6) is 0 Å². The van der Waals surface area contributed by atoms with Gasteiger partial charge in [-0.05, 0) is 37.5 Å². The van der Waals surface area contributed by atoms with Crippen molar-refractivity contribution in [2.45, 2.75) is 31.5 Å². The highest BCUT2D eigenvalue weighted by Gasteiger charge is 2.35. The predicted octanol–water partition coefficient (Wildman–Crippen LogP) is 3.75. The number of halogens is 4. The van der Waals surface area contributed by atoms with E-state index in [1.807, 2.05) is 0 Å². The summed E-state index contributed by atoms with van der Waals surface area (Å²) in [5.41, 5.74) is -1.23. The van der Waals surface area contributed by atoms with E-state index >= 15 is 0 Å². The summed E-state index contributed by atoms with van der Waals surface area (Å²) >= 11 is 3.08. The molecule has 1 aromatic rings. The van der Waals surface area contributed by atoms with E-state index in [1.54, 1.807) is 0 Å². The van der Waals surface area contributed by atoms with Crippen LogP contribution in [0.25, 0.3) is 0 Å². The Morgan fingerprint density at radius 2 is 2.00 bits per heavy atom. The van der Waals surface area contributed by atoms with Crippen LogP contribution < -0.4 is 5.32 Å². The minimum Gasteiger partial charge on any atom is -0.349 e. The van der Waals surface area contributed by atoms with Crippen LogP contribution >= 0.6 is 15.9 Å². The van der Waals surface area contributed by atoms with E-state index in [2.05, 4.69) is 21.2 Å². The second-order valence-electron chi connectivity index (χ2n) is 4.29. The molecule has 0 unspecified atom stereocenters. The first kappa shape index (κ1) is 13.4. The van der Waals surface area contributed by atoms with Crippen LogP contribution in [-0.2, 0) is 6.18 Å². The topological polar surface area (TPSA) is 29.1 Å². The molecule has 6 heteroatoms. The highest BCUT2D eigenvalue weighted by Crippen LogP contribution is 2.33. The minimum atomic E-state index is -4.52. The Kier molecular flexibility index (Phi) is 3.66. The second-order valence-corrected chi connectivity index (χ2v) is 5.20. The molecule has 0 aliphatic heterocycles. The van der Waals surface area contributed by atoms with Gasteiger partial charge in [0.25, 0.3) is 5.91 Å². The predicted molar refractivity (Wildman–Crippen MR) is 64.2 cm³/mol. The van der Waals surface area contributed by atoms with Gasteiger partial charge in [-0.25, -0.2) is 0 Å². The molecule has 1 amide bonds. The number of carbonyl (C=O) groups is 1. The van der Waals surface area contributed by atoms with Gasteiger partial charge in [-0.2, -0.15) is 13.2 Å². The summed E-state index contributed by atoms with van der Waals surface area (Å²) < 4.78 is 38.8. The zero-order valence-corrected chi connectivity index (χ0v) is 10.9. The number of rotatable bonds is 2. The molecule has 18 heavy (non-hydrogen) atoms. The largest absolute Gasteiger partial charge is 0.417 e. The molecule has 0 atom stereocenters. The molecule has 1 aromatic carbocycles. The van der Waals surface area contributed by atoms with Gasteiger partial charge in [-0.15, -0.1) is 0 Å². The van der Waals surface area contributed by atoms with Crippen LogP contribution in [-0.4, -0.2) is 11.9 Å². The number of benzene rings is 1. The highest BCUT2D eigenvalue weighted by molar-refractivity contribution is 9.10. The lowest BCUT2D eigenvalue weighted by atomic mass is 9.92. The van der Waals surface area contributed by atoms with Crippen molar-refractivity contribution < 1.29 is 18.0 Å². The molecule has 0 radical (unpaired) electrons. The molecule has 1 N–H and O–H groups in total. The Hall–Kier alpha value is -1.04. The third-order valence-corrected chi connectivity index (χ3v) is 3.47. The Labute approximate surface area is 111 Å². The molecule has 2 rings (SSSR count). The molecule has 0 bridgehead atoms. The minimum absolute atomic E-state index is 0.0116. The molecular weight excluding hydrogens is 311 g/mol. The van der Waals surface area contributed by atoms with E-state index in [0.29, 0.717) is 4.47 Å². The summed E-state index contributed by atoms with van der Waals surface area (Å²) in [5, 5.41) is 2.61. The van der Waals surface area contributed by atoms with Crippen molar-refractivity contribution in [3.8, 4) is 0 Å². The molecule has 1 aliphatic carbocycles. The fraction of sp³-hybridized carbons (Fsp3) is 0.417. The number of amides is 1. The smallest absolute Gasteiger partial charge is 0.349 e. The van der Waals surface area contributed by atoms with Gasteiger partial charge in [0.1, 0.15) is 0 Å². The molecule has 0 saturated heterocycles. The average Bonchev–Trinajstić information content (AvgIpc) is 2.21. The summed E-state index contributed by atoms with van der Waals surface area (Å²) in [7, 11) is 0. The number of hydrogen-bond donors (Lipinski definition) is 1. The van der Waals surface area contributed by atoms with E-state index < -0.39 is 17.6 Å². The van der Waals surface area contributed by atoms with Crippen LogP contribution in [0, 0.1) is 0 Å². The lowest BCUT2D eigenvalue weighted by molar-refractivity contribution is -0.137. The van der Waals surface area contributed by atoms with Gasteiger partial charge >= 0.3 is 6.18 Å². The Balaban J connectivity index is 2.29. The van der Waals surface area contributed by atoms with Gasteiger partial charge in [-0.1, -0.05) is 15.9 Å². The van der Waals surface area contributed by atoms with Gasteiger partial charge in [0.15, 0.2) is 0 Å². The monoisotopic (exact) mass is 321 g/mol. The molecule has 1 fully saturated rings. The maximum atomic E-state index is 12.8. The summed E-state index contributed by atoms with van der Waals surface area (Å²) in [6, 6.07) is 3.41. The van der Waals surface area contributed by atoms with Crippen molar-refractivity contribution in [2.24, 2.45) is 0 Å². The van der Waals surface area contributed by atoms with E-state index in [9.17, 15) is 18.0 Å². The Morgan fingerprint density at radius 1 is 1.33 bits per heavy atom. The van der Waals surface area contributed by atoms with E-state index in [-0.39, 0.29) is 11.6 Å². The number of carbonyl (C=O) groups excluding carboxylic acids is 1. The Morgan fingerprint density at radius 3 is 2.50 bits per heavy atom. The summed E-state index contributed by atoms with van der Waals surface area (Å²) in [6.07, 6.45) is -1.84. The van der Waals surface area contributed by atoms with Crippen LogP contribution in [0.1, 0.15) is 35.2 Å². The normalized spacial score (nSPS) is 16.2. The average molecular weight is 322 g/mol. The lowest BCUT2D eigenvalue weighted by Gasteiger charge is -2.27. The van der Waals surface area contributed by atoms with Crippen LogP contribution in [0.4, 0.5) is 13.2 Å². The van der Waals surface area contributed by atoms with Crippen molar-refractivity contribution in [1.82, 2.24) is 5.32 Å². The van der Waals surface area contributed by atoms with Gasteiger partial charge < -0.3 is 5.32 Å². The van der Waals surface area contributed by atoms with Gasteiger partial charge in [0, 0.05) is 10.5 Å². The standard InChI is InChI=1S/C12H11BrF3NO/c13-7-4-5-10(12(14,15)16)9(6-7)11(18)17-8-2-1-3-8/h4-6,8H,1-3H2,(H,17,18). The van der Waals surface area contributed by atoms with E-state index in [4.69, 9.17) is 0 Å². The summed E-state index contributed by atoms with van der Waals surface area (Å²) in [5.74, 6) is -0.659. The maximum absolute atomic E-state index is 12.8. The third-order valence-electron chi connectivity index (χ3n) is 2.97. The quantitative estimate of drug-likeness (QED) is 0.883. The zero-order chi connectivity index (χ0) is 13.3. The molecule has 98 valence electrons. The summed E-state index contributed by atoms with van der Waals surface area (Å²) in [4.78, 5) is 11.8. The first-order valence-corrected chi connectivity index (χ1v) is 6.35. The molecule has 1 aliphatic rings. The SMILES string of the molecule is O=C(NC1CCC1)c1cc(Br)ccc1C(F)(F)F. The van der Waals surface area contributed by atoms with Gasteiger partial charge in [0.05, 0.1) is 11.1 Å². The molecule has 0 spiro atoms. The fourth-order valence-electron chi connectivity index (χ4n) is 1.77. The summed E-state index contributed by atoms with van der Waals surface area (Å²) in [6.45, 7) is 0. The maximum Gasteiger partial charge on any atom is 0.417 e. The first-order valence-electron chi connectivity index (χ1n) is 5.55. The molecule has 0 heterocycles.